The molecule has 0 N–H and O–H groups in total. The molecule has 0 amide bonds. The summed E-state index contributed by atoms with van der Waals surface area (Å²) in [6.07, 6.45) is 40.8. The van der Waals surface area contributed by atoms with Gasteiger partial charge in [0, 0.05) is 19.3 Å². The van der Waals surface area contributed by atoms with Crippen molar-refractivity contribution in [1.82, 2.24) is 0 Å². The van der Waals surface area contributed by atoms with Crippen LogP contribution in [0.2, 0.25) is 0 Å². The molecule has 0 aromatic rings. The standard InChI is InChI=1S/C51H98O6/c1-7-46(5)38-32-26-20-14-10-12-16-23-29-35-41-50(53)56-44-48(57-51(54)42-36-30-24-18-17-21-27-33-39-47(6)8-2)43-55-49(52)40-34-28-22-15-11-9-13-19-25-31-37-45(3)4/h45-48H,7-44H2,1-6H3/t46?,47?,48-/m0/s1. The van der Waals surface area contributed by atoms with Crippen LogP contribution in [0.25, 0.3) is 0 Å². The maximum absolute atomic E-state index is 12.8. The minimum atomic E-state index is -0.763. The minimum absolute atomic E-state index is 0.0655. The molecule has 0 heterocycles. The molecular weight excluding hydrogens is 709 g/mol. The molecule has 0 rings (SSSR count). The van der Waals surface area contributed by atoms with E-state index < -0.39 is 6.10 Å². The summed E-state index contributed by atoms with van der Waals surface area (Å²) in [6.45, 7) is 13.7. The number of hydrogen-bond acceptors (Lipinski definition) is 6. The lowest BCUT2D eigenvalue weighted by molar-refractivity contribution is -0.167. The molecule has 0 saturated carbocycles. The molecule has 0 spiro atoms. The summed E-state index contributed by atoms with van der Waals surface area (Å²) in [7, 11) is 0. The molecule has 6 heteroatoms. The predicted octanol–water partition coefficient (Wildman–Crippen LogP) is 16.0. The summed E-state index contributed by atoms with van der Waals surface area (Å²) in [4.78, 5) is 37.9. The third-order valence-electron chi connectivity index (χ3n) is 12.1. The van der Waals surface area contributed by atoms with Crippen LogP contribution in [-0.2, 0) is 28.6 Å². The maximum Gasteiger partial charge on any atom is 0.306 e. The molecule has 0 aromatic heterocycles. The Morgan fingerprint density at radius 3 is 0.912 bits per heavy atom. The molecular formula is C51H98O6. The minimum Gasteiger partial charge on any atom is -0.462 e. The van der Waals surface area contributed by atoms with Crippen molar-refractivity contribution in [2.24, 2.45) is 17.8 Å². The van der Waals surface area contributed by atoms with Gasteiger partial charge in [0.2, 0.25) is 0 Å². The van der Waals surface area contributed by atoms with Crippen molar-refractivity contribution in [3.8, 4) is 0 Å². The fourth-order valence-electron chi connectivity index (χ4n) is 7.52. The average molecular weight is 807 g/mol. The first kappa shape index (κ1) is 55.4. The van der Waals surface area contributed by atoms with E-state index in [0.717, 1.165) is 75.5 Å². The van der Waals surface area contributed by atoms with Gasteiger partial charge in [-0.2, -0.15) is 0 Å². The first-order valence-corrected chi connectivity index (χ1v) is 25.2. The van der Waals surface area contributed by atoms with Gasteiger partial charge in [-0.05, 0) is 37.0 Å². The Labute approximate surface area is 355 Å². The lowest BCUT2D eigenvalue weighted by atomic mass is 9.99. The van der Waals surface area contributed by atoms with E-state index in [4.69, 9.17) is 14.2 Å². The van der Waals surface area contributed by atoms with Crippen molar-refractivity contribution < 1.29 is 28.6 Å². The van der Waals surface area contributed by atoms with Gasteiger partial charge in [-0.3, -0.25) is 14.4 Å². The highest BCUT2D eigenvalue weighted by molar-refractivity contribution is 5.71. The smallest absolute Gasteiger partial charge is 0.306 e. The Hall–Kier alpha value is -1.59. The van der Waals surface area contributed by atoms with Crippen LogP contribution in [0.4, 0.5) is 0 Å². The third kappa shape index (κ3) is 42.3. The fraction of sp³-hybridized carbons (Fsp3) is 0.941. The van der Waals surface area contributed by atoms with Crippen LogP contribution in [0.15, 0.2) is 0 Å². The van der Waals surface area contributed by atoms with E-state index in [1.54, 1.807) is 0 Å². The Kier molecular flexibility index (Phi) is 41.3. The molecule has 6 nitrogen and oxygen atoms in total. The summed E-state index contributed by atoms with van der Waals surface area (Å²) in [5.41, 5.74) is 0. The van der Waals surface area contributed by atoms with Gasteiger partial charge in [0.05, 0.1) is 0 Å². The van der Waals surface area contributed by atoms with Crippen LogP contribution < -0.4 is 0 Å². The number of carbonyl (C=O) groups is 3. The van der Waals surface area contributed by atoms with Crippen LogP contribution in [-0.4, -0.2) is 37.2 Å². The van der Waals surface area contributed by atoms with Crippen molar-refractivity contribution in [3.63, 3.8) is 0 Å². The van der Waals surface area contributed by atoms with Gasteiger partial charge in [0.15, 0.2) is 6.10 Å². The molecule has 0 aliphatic carbocycles. The molecule has 0 radical (unpaired) electrons. The second-order valence-electron chi connectivity index (χ2n) is 18.4. The normalized spacial score (nSPS) is 13.1. The lowest BCUT2D eigenvalue weighted by Crippen LogP contribution is -2.30. The Bertz CT molecular complexity index is 887. The van der Waals surface area contributed by atoms with Gasteiger partial charge in [-0.1, -0.05) is 234 Å². The Morgan fingerprint density at radius 1 is 0.351 bits per heavy atom. The summed E-state index contributed by atoms with van der Waals surface area (Å²) >= 11 is 0. The van der Waals surface area contributed by atoms with E-state index in [2.05, 4.69) is 41.5 Å². The van der Waals surface area contributed by atoms with Crippen LogP contribution in [0.1, 0.15) is 273 Å². The summed E-state index contributed by atoms with van der Waals surface area (Å²) in [5, 5.41) is 0. The number of carbonyl (C=O) groups excluding carboxylic acids is 3. The second kappa shape index (κ2) is 42.5. The van der Waals surface area contributed by atoms with Gasteiger partial charge in [0.25, 0.3) is 0 Å². The molecule has 0 bridgehead atoms. The number of ether oxygens (including phenoxy) is 3. The van der Waals surface area contributed by atoms with Gasteiger partial charge in [-0.15, -0.1) is 0 Å². The van der Waals surface area contributed by atoms with Gasteiger partial charge in [0.1, 0.15) is 13.2 Å². The zero-order valence-corrected chi connectivity index (χ0v) is 39.1. The fourth-order valence-corrected chi connectivity index (χ4v) is 7.52. The zero-order valence-electron chi connectivity index (χ0n) is 39.1. The second-order valence-corrected chi connectivity index (χ2v) is 18.4. The molecule has 2 unspecified atom stereocenters. The van der Waals surface area contributed by atoms with E-state index in [1.807, 2.05) is 0 Å². The van der Waals surface area contributed by atoms with Crippen molar-refractivity contribution in [2.75, 3.05) is 13.2 Å². The molecule has 0 aliphatic heterocycles. The van der Waals surface area contributed by atoms with Crippen molar-refractivity contribution in [2.45, 2.75) is 279 Å². The molecule has 57 heavy (non-hydrogen) atoms. The highest BCUT2D eigenvalue weighted by atomic mass is 16.6. The number of hydrogen-bond donors (Lipinski definition) is 0. The highest BCUT2D eigenvalue weighted by Crippen LogP contribution is 2.18. The molecule has 3 atom stereocenters. The molecule has 0 saturated heterocycles. The summed E-state index contributed by atoms with van der Waals surface area (Å²) in [5.74, 6) is 1.68. The van der Waals surface area contributed by atoms with Crippen molar-refractivity contribution >= 4 is 17.9 Å². The van der Waals surface area contributed by atoms with E-state index in [-0.39, 0.29) is 31.1 Å². The number of rotatable bonds is 44. The van der Waals surface area contributed by atoms with Crippen LogP contribution in [0, 0.1) is 17.8 Å². The topological polar surface area (TPSA) is 78.9 Å². The first-order chi connectivity index (χ1) is 27.7. The van der Waals surface area contributed by atoms with E-state index in [9.17, 15) is 14.4 Å². The van der Waals surface area contributed by atoms with E-state index >= 15 is 0 Å². The van der Waals surface area contributed by atoms with Gasteiger partial charge in [-0.25, -0.2) is 0 Å². The zero-order chi connectivity index (χ0) is 42.0. The van der Waals surface area contributed by atoms with Crippen LogP contribution in [0.3, 0.4) is 0 Å². The quantitative estimate of drug-likeness (QED) is 0.0347. The van der Waals surface area contributed by atoms with Crippen molar-refractivity contribution in [3.05, 3.63) is 0 Å². The van der Waals surface area contributed by atoms with Crippen LogP contribution in [0.5, 0.6) is 0 Å². The predicted molar refractivity (Wildman–Crippen MR) is 243 cm³/mol. The van der Waals surface area contributed by atoms with Crippen LogP contribution >= 0.6 is 0 Å². The average Bonchev–Trinajstić information content (AvgIpc) is 3.19. The monoisotopic (exact) mass is 807 g/mol. The summed E-state index contributed by atoms with van der Waals surface area (Å²) < 4.78 is 16.8. The van der Waals surface area contributed by atoms with E-state index in [1.165, 1.54) is 154 Å². The number of unbranched alkanes of at least 4 members (excludes halogenated alkanes) is 25. The molecule has 0 aromatic carbocycles. The first-order valence-electron chi connectivity index (χ1n) is 25.2. The SMILES string of the molecule is CCC(C)CCCCCCCCCCCCC(=O)OC[C@H](COC(=O)CCCCCCCCCCCCC(C)C)OC(=O)CCCCCCCCCCC(C)CC. The molecule has 0 aliphatic rings. The molecule has 338 valence electrons. The summed E-state index contributed by atoms with van der Waals surface area (Å²) in [6, 6.07) is 0. The molecule has 0 fully saturated rings. The lowest BCUT2D eigenvalue weighted by Gasteiger charge is -2.18. The van der Waals surface area contributed by atoms with Crippen molar-refractivity contribution in [1.29, 1.82) is 0 Å². The Balaban J connectivity index is 4.34. The maximum atomic E-state index is 12.8. The third-order valence-corrected chi connectivity index (χ3v) is 12.1. The van der Waals surface area contributed by atoms with E-state index in [0.29, 0.717) is 19.3 Å². The van der Waals surface area contributed by atoms with Gasteiger partial charge < -0.3 is 14.2 Å². The Morgan fingerprint density at radius 2 is 0.614 bits per heavy atom. The largest absolute Gasteiger partial charge is 0.462 e. The highest BCUT2D eigenvalue weighted by Gasteiger charge is 2.19. The van der Waals surface area contributed by atoms with Gasteiger partial charge >= 0.3 is 17.9 Å². The number of esters is 3.